The van der Waals surface area contributed by atoms with Crippen LogP contribution in [0.4, 0.5) is 0 Å². The number of nitrogens with one attached hydrogen (secondary N) is 2. The topological polar surface area (TPSA) is 37.0 Å². The number of para-hydroxylation sites is 1. The lowest BCUT2D eigenvalue weighted by Gasteiger charge is -2.55. The zero-order valence-corrected chi connectivity index (χ0v) is 12.9. The molecular formula is C18H24N2O. The van der Waals surface area contributed by atoms with Crippen LogP contribution in [0.3, 0.4) is 0 Å². The highest BCUT2D eigenvalue weighted by molar-refractivity contribution is 5.83. The van der Waals surface area contributed by atoms with Crippen LogP contribution in [-0.2, 0) is 11.2 Å². The van der Waals surface area contributed by atoms with E-state index in [0.29, 0.717) is 12.1 Å². The molecule has 3 heteroatoms. The highest BCUT2D eigenvalue weighted by Crippen LogP contribution is 2.52. The second kappa shape index (κ2) is 4.85. The van der Waals surface area contributed by atoms with E-state index in [1.165, 1.54) is 22.9 Å². The Labute approximate surface area is 126 Å². The Morgan fingerprint density at radius 1 is 1.33 bits per heavy atom. The molecule has 1 aromatic heterocycles. The van der Waals surface area contributed by atoms with Crippen LogP contribution < -0.4 is 5.32 Å². The average Bonchev–Trinajstić information content (AvgIpc) is 3.09. The Morgan fingerprint density at radius 2 is 2.19 bits per heavy atom. The van der Waals surface area contributed by atoms with E-state index in [1.807, 2.05) is 0 Å². The minimum absolute atomic E-state index is 0.279. The van der Waals surface area contributed by atoms with Crippen molar-refractivity contribution in [2.24, 2.45) is 11.3 Å². The lowest BCUT2D eigenvalue weighted by atomic mass is 9.57. The molecule has 2 N–H and O–H groups in total. The van der Waals surface area contributed by atoms with Crippen molar-refractivity contribution in [3.63, 3.8) is 0 Å². The van der Waals surface area contributed by atoms with E-state index in [0.717, 1.165) is 25.5 Å². The van der Waals surface area contributed by atoms with Crippen molar-refractivity contribution >= 4 is 10.9 Å². The Hall–Kier alpha value is -1.32. The van der Waals surface area contributed by atoms with Crippen LogP contribution in [0.25, 0.3) is 10.9 Å². The molecule has 1 saturated heterocycles. The minimum Gasteiger partial charge on any atom is -0.377 e. The van der Waals surface area contributed by atoms with E-state index < -0.39 is 0 Å². The Bertz CT molecular complexity index is 645. The second-order valence-corrected chi connectivity index (χ2v) is 7.11. The molecule has 1 aliphatic heterocycles. The summed E-state index contributed by atoms with van der Waals surface area (Å²) < 4.78 is 5.86. The van der Waals surface area contributed by atoms with Gasteiger partial charge in [0.25, 0.3) is 0 Å². The molecule has 1 aromatic carbocycles. The number of rotatable bonds is 4. The van der Waals surface area contributed by atoms with E-state index in [4.69, 9.17) is 4.74 Å². The van der Waals surface area contributed by atoms with Gasteiger partial charge in [-0.2, -0.15) is 0 Å². The maximum absolute atomic E-state index is 5.86. The van der Waals surface area contributed by atoms with Crippen molar-refractivity contribution in [1.82, 2.24) is 10.3 Å². The summed E-state index contributed by atoms with van der Waals surface area (Å²) in [6, 6.07) is 9.15. The maximum Gasteiger partial charge on any atom is 0.0685 e. The molecule has 3 atom stereocenters. The van der Waals surface area contributed by atoms with Crippen LogP contribution in [-0.4, -0.2) is 30.3 Å². The fourth-order valence-corrected chi connectivity index (χ4v) is 4.44. The van der Waals surface area contributed by atoms with Crippen LogP contribution in [0.2, 0.25) is 0 Å². The molecule has 21 heavy (non-hydrogen) atoms. The Balaban J connectivity index is 1.40. The molecule has 2 fully saturated rings. The summed E-state index contributed by atoms with van der Waals surface area (Å²) in [5.74, 6) is 0.725. The number of ether oxygens (including phenoxy) is 1. The van der Waals surface area contributed by atoms with E-state index in [9.17, 15) is 0 Å². The molecule has 2 aromatic rings. The summed E-state index contributed by atoms with van der Waals surface area (Å²) >= 11 is 0. The number of aromatic nitrogens is 1. The van der Waals surface area contributed by atoms with Crippen LogP contribution in [0.1, 0.15) is 25.8 Å². The van der Waals surface area contributed by atoms with Crippen molar-refractivity contribution in [1.29, 1.82) is 0 Å². The molecule has 0 amide bonds. The van der Waals surface area contributed by atoms with Gasteiger partial charge in [-0.1, -0.05) is 32.0 Å². The summed E-state index contributed by atoms with van der Waals surface area (Å²) in [6.45, 7) is 6.66. The van der Waals surface area contributed by atoms with E-state index in [-0.39, 0.29) is 5.41 Å². The smallest absolute Gasteiger partial charge is 0.0685 e. The number of fused-ring (bicyclic) bond motifs is 2. The second-order valence-electron chi connectivity index (χ2n) is 7.11. The molecule has 4 rings (SSSR count). The van der Waals surface area contributed by atoms with Gasteiger partial charge in [-0.05, 0) is 31.0 Å². The number of H-pyrrole nitrogens is 1. The first-order valence-corrected chi connectivity index (χ1v) is 8.08. The molecule has 0 unspecified atom stereocenters. The van der Waals surface area contributed by atoms with Crippen molar-refractivity contribution in [3.8, 4) is 0 Å². The standard InChI is InChI=1S/C18H24N2O/c1-18(2)16(14-8-10-21-17(14)18)19-9-7-12-11-20-15-6-4-3-5-13(12)15/h3-6,11,14,16-17,19-20H,7-10H2,1-2H3/t14-,16+,17+/m0/s1. The first-order chi connectivity index (χ1) is 10.2. The first-order valence-electron chi connectivity index (χ1n) is 8.08. The molecular weight excluding hydrogens is 260 g/mol. The van der Waals surface area contributed by atoms with Gasteiger partial charge in [0.2, 0.25) is 0 Å². The SMILES string of the molecule is CC1(C)[C@H](NCCc2c[nH]c3ccccc23)[C@@H]2CCO[C@H]21. The lowest BCUT2D eigenvalue weighted by Crippen LogP contribution is -2.66. The number of benzene rings is 1. The quantitative estimate of drug-likeness (QED) is 0.905. The lowest BCUT2D eigenvalue weighted by molar-refractivity contribution is -0.112. The largest absolute Gasteiger partial charge is 0.377 e. The van der Waals surface area contributed by atoms with Gasteiger partial charge in [0.15, 0.2) is 0 Å². The molecule has 0 radical (unpaired) electrons. The molecule has 0 bridgehead atoms. The third kappa shape index (κ3) is 2.02. The van der Waals surface area contributed by atoms with Crippen molar-refractivity contribution < 1.29 is 4.74 Å². The van der Waals surface area contributed by atoms with Crippen LogP contribution >= 0.6 is 0 Å². The van der Waals surface area contributed by atoms with Crippen molar-refractivity contribution in [2.45, 2.75) is 38.8 Å². The zero-order chi connectivity index (χ0) is 14.4. The predicted molar refractivity (Wildman–Crippen MR) is 85.4 cm³/mol. The normalized spacial score (nSPS) is 30.3. The van der Waals surface area contributed by atoms with Crippen molar-refractivity contribution in [2.75, 3.05) is 13.2 Å². The van der Waals surface area contributed by atoms with Gasteiger partial charge in [0.1, 0.15) is 0 Å². The molecule has 0 spiro atoms. The van der Waals surface area contributed by atoms with Gasteiger partial charge < -0.3 is 15.0 Å². The summed E-state index contributed by atoms with van der Waals surface area (Å²) in [6.07, 6.45) is 4.93. The Kier molecular flexibility index (Phi) is 3.09. The molecule has 1 saturated carbocycles. The highest BCUT2D eigenvalue weighted by atomic mass is 16.5. The van der Waals surface area contributed by atoms with E-state index in [2.05, 4.69) is 54.6 Å². The fraction of sp³-hybridized carbons (Fsp3) is 0.556. The zero-order valence-electron chi connectivity index (χ0n) is 12.9. The van der Waals surface area contributed by atoms with Crippen LogP contribution in [0.15, 0.2) is 30.5 Å². The van der Waals surface area contributed by atoms with Gasteiger partial charge in [-0.3, -0.25) is 0 Å². The summed E-state index contributed by atoms with van der Waals surface area (Å²) in [5, 5.41) is 5.15. The molecule has 2 heterocycles. The van der Waals surface area contributed by atoms with Gasteiger partial charge in [0, 0.05) is 41.1 Å². The number of aromatic amines is 1. The molecule has 1 aliphatic carbocycles. The summed E-state index contributed by atoms with van der Waals surface area (Å²) in [7, 11) is 0. The van der Waals surface area contributed by atoms with Gasteiger partial charge >= 0.3 is 0 Å². The third-order valence-corrected chi connectivity index (χ3v) is 5.53. The molecule has 3 nitrogen and oxygen atoms in total. The van der Waals surface area contributed by atoms with Gasteiger partial charge in [-0.15, -0.1) is 0 Å². The highest BCUT2D eigenvalue weighted by Gasteiger charge is 2.58. The summed E-state index contributed by atoms with van der Waals surface area (Å²) in [4.78, 5) is 3.36. The van der Waals surface area contributed by atoms with Gasteiger partial charge in [0.05, 0.1) is 6.10 Å². The summed E-state index contributed by atoms with van der Waals surface area (Å²) in [5.41, 5.74) is 2.93. The third-order valence-electron chi connectivity index (χ3n) is 5.53. The molecule has 2 aliphatic rings. The van der Waals surface area contributed by atoms with Crippen LogP contribution in [0, 0.1) is 11.3 Å². The van der Waals surface area contributed by atoms with E-state index in [1.54, 1.807) is 0 Å². The van der Waals surface area contributed by atoms with Crippen molar-refractivity contribution in [3.05, 3.63) is 36.0 Å². The Morgan fingerprint density at radius 3 is 3.10 bits per heavy atom. The monoisotopic (exact) mass is 284 g/mol. The number of hydrogen-bond acceptors (Lipinski definition) is 2. The van der Waals surface area contributed by atoms with Gasteiger partial charge in [-0.25, -0.2) is 0 Å². The predicted octanol–water partition coefficient (Wildman–Crippen LogP) is 3.11. The maximum atomic E-state index is 5.86. The van der Waals surface area contributed by atoms with E-state index >= 15 is 0 Å². The first kappa shape index (κ1) is 13.4. The fourth-order valence-electron chi connectivity index (χ4n) is 4.44. The average molecular weight is 284 g/mol. The van der Waals surface area contributed by atoms with Crippen LogP contribution in [0.5, 0.6) is 0 Å². The number of hydrogen-bond donors (Lipinski definition) is 2. The minimum atomic E-state index is 0.279. The molecule has 112 valence electrons.